The number of fused-ring (bicyclic) bond motifs is 1. The summed E-state index contributed by atoms with van der Waals surface area (Å²) < 4.78 is 0. The van der Waals surface area contributed by atoms with Gasteiger partial charge in [0.25, 0.3) is 0 Å². The van der Waals surface area contributed by atoms with Crippen molar-refractivity contribution in [3.63, 3.8) is 0 Å². The van der Waals surface area contributed by atoms with Crippen molar-refractivity contribution in [3.8, 4) is 11.3 Å². The zero-order chi connectivity index (χ0) is 18.5. The highest BCUT2D eigenvalue weighted by Crippen LogP contribution is 2.33. The topological polar surface area (TPSA) is 59.7 Å². The first kappa shape index (κ1) is 28.1. The predicted octanol–water partition coefficient (Wildman–Crippen LogP) is 6.29. The van der Waals surface area contributed by atoms with Crippen LogP contribution in [0.2, 0.25) is 10.0 Å². The molecule has 8 heteroatoms. The van der Waals surface area contributed by atoms with Crippen LogP contribution in [-0.4, -0.2) is 41.5 Å². The number of likely N-dealkylation sites (N-methyl/N-ethyl adjacent to an activating group) is 1. The van der Waals surface area contributed by atoms with Crippen LogP contribution in [0.4, 0.5) is 5.69 Å². The van der Waals surface area contributed by atoms with Crippen LogP contribution in [0.3, 0.4) is 0 Å². The van der Waals surface area contributed by atoms with E-state index in [1.54, 1.807) is 6.07 Å². The Morgan fingerprint density at radius 2 is 1.66 bits per heavy atom. The Bertz CT molecular complexity index is 908. The summed E-state index contributed by atoms with van der Waals surface area (Å²) in [6.07, 6.45) is 0. The van der Waals surface area contributed by atoms with Crippen molar-refractivity contribution < 1.29 is 5.48 Å². The van der Waals surface area contributed by atoms with E-state index in [-0.39, 0.29) is 39.4 Å². The predicted molar refractivity (Wildman–Crippen MR) is 138 cm³/mol. The lowest BCUT2D eigenvalue weighted by atomic mass is 10.1. The quantitative estimate of drug-likeness (QED) is 0.365. The maximum Gasteiger partial charge on any atom is 0.0745 e. The molecule has 3 rings (SSSR count). The van der Waals surface area contributed by atoms with Crippen molar-refractivity contribution in [2.45, 2.75) is 13.8 Å². The molecule has 0 radical (unpaired) electrons. The summed E-state index contributed by atoms with van der Waals surface area (Å²) in [6, 6.07) is 15.7. The average Bonchev–Trinajstić information content (AvgIpc) is 2.67. The number of rotatable bonds is 7. The van der Waals surface area contributed by atoms with Gasteiger partial charge in [0, 0.05) is 34.7 Å². The monoisotopic (exact) mass is 565 g/mol. The maximum absolute atomic E-state index is 6.39. The molecule has 0 fully saturated rings. The average molecular weight is 568 g/mol. The van der Waals surface area contributed by atoms with E-state index in [4.69, 9.17) is 28.2 Å². The highest BCUT2D eigenvalue weighted by molar-refractivity contribution is 8.93. The summed E-state index contributed by atoms with van der Waals surface area (Å²) in [5, 5.41) is 5.97. The van der Waals surface area contributed by atoms with Crippen LogP contribution in [0.1, 0.15) is 13.8 Å². The first-order valence-corrected chi connectivity index (χ1v) is 9.69. The van der Waals surface area contributed by atoms with Gasteiger partial charge < -0.3 is 15.7 Å². The Hall–Kier alpha value is -0.890. The first-order valence-electron chi connectivity index (χ1n) is 8.93. The van der Waals surface area contributed by atoms with Crippen molar-refractivity contribution in [3.05, 3.63) is 58.6 Å². The Labute approximate surface area is 203 Å². The fraction of sp³-hybridized carbons (Fsp3) is 0.286. The van der Waals surface area contributed by atoms with E-state index >= 15 is 0 Å². The molecular weight excluding hydrogens is 541 g/mol. The molecule has 0 aliphatic heterocycles. The number of para-hydroxylation sites is 1. The number of nitrogens with zero attached hydrogens (tertiary/aromatic N) is 2. The molecule has 0 bridgehead atoms. The first-order chi connectivity index (χ1) is 12.6. The van der Waals surface area contributed by atoms with Crippen LogP contribution in [0.25, 0.3) is 22.2 Å². The molecular formula is C21H27Br2Cl2N3O. The Morgan fingerprint density at radius 3 is 2.34 bits per heavy atom. The highest BCUT2D eigenvalue weighted by Gasteiger charge is 2.11. The van der Waals surface area contributed by atoms with Gasteiger partial charge in [-0.05, 0) is 43.4 Å². The lowest BCUT2D eigenvalue weighted by molar-refractivity contribution is 0.316. The van der Waals surface area contributed by atoms with Crippen molar-refractivity contribution in [1.82, 2.24) is 9.88 Å². The number of halogens is 4. The number of hydrogen-bond acceptors (Lipinski definition) is 3. The SMILES string of the molecule is Br.Br.CCN(CC)CCNc1cc(-c2cc(Cl)ccc2Cl)nc2ccccc12.O. The van der Waals surface area contributed by atoms with Gasteiger partial charge in [-0.1, -0.05) is 55.2 Å². The Balaban J connectivity index is 0.00000261. The zero-order valence-electron chi connectivity index (χ0n) is 16.4. The second kappa shape index (κ2) is 13.4. The smallest absolute Gasteiger partial charge is 0.0745 e. The molecule has 0 aliphatic carbocycles. The third kappa shape index (κ3) is 7.09. The molecule has 1 aromatic heterocycles. The molecule has 160 valence electrons. The van der Waals surface area contributed by atoms with Gasteiger partial charge in [0.15, 0.2) is 0 Å². The maximum atomic E-state index is 6.39. The van der Waals surface area contributed by atoms with E-state index in [1.807, 2.05) is 30.3 Å². The van der Waals surface area contributed by atoms with Crippen LogP contribution in [0.15, 0.2) is 48.5 Å². The molecule has 0 amide bonds. The molecule has 1 heterocycles. The molecule has 0 aliphatic rings. The van der Waals surface area contributed by atoms with Crippen LogP contribution < -0.4 is 5.32 Å². The fourth-order valence-electron chi connectivity index (χ4n) is 3.04. The van der Waals surface area contributed by atoms with Gasteiger partial charge in [-0.3, -0.25) is 0 Å². The molecule has 4 nitrogen and oxygen atoms in total. The number of pyridine rings is 1. The third-order valence-corrected chi connectivity index (χ3v) is 5.12. The standard InChI is InChI=1S/C21H23Cl2N3.2BrH.H2O/c1-3-26(4-2)12-11-24-20-14-21(17-13-15(22)9-10-18(17)23)25-19-8-6-5-7-16(19)20;;;/h5-10,13-14H,3-4,11-12H2,1-2H3,(H,24,25);2*1H;1H2. The van der Waals surface area contributed by atoms with Gasteiger partial charge in [0.1, 0.15) is 0 Å². The minimum absolute atomic E-state index is 0. The number of nitrogens with one attached hydrogen (secondary N) is 1. The second-order valence-electron chi connectivity index (χ2n) is 6.15. The second-order valence-corrected chi connectivity index (χ2v) is 6.99. The van der Waals surface area contributed by atoms with Gasteiger partial charge in [-0.15, -0.1) is 34.0 Å². The van der Waals surface area contributed by atoms with Gasteiger partial charge >= 0.3 is 0 Å². The number of hydrogen-bond donors (Lipinski definition) is 1. The summed E-state index contributed by atoms with van der Waals surface area (Å²) in [6.45, 7) is 8.35. The van der Waals surface area contributed by atoms with Gasteiger partial charge in [-0.25, -0.2) is 4.98 Å². The number of benzene rings is 2. The molecule has 0 saturated heterocycles. The van der Waals surface area contributed by atoms with Crippen LogP contribution >= 0.6 is 57.2 Å². The summed E-state index contributed by atoms with van der Waals surface area (Å²) >= 11 is 12.6. The lowest BCUT2D eigenvalue weighted by Gasteiger charge is -2.19. The molecule has 0 atom stereocenters. The number of anilines is 1. The molecule has 0 spiro atoms. The molecule has 2 aromatic carbocycles. The van der Waals surface area contributed by atoms with Gasteiger partial charge in [0.2, 0.25) is 0 Å². The molecule has 3 aromatic rings. The van der Waals surface area contributed by atoms with Crippen LogP contribution in [0, 0.1) is 0 Å². The minimum Gasteiger partial charge on any atom is -0.412 e. The largest absolute Gasteiger partial charge is 0.412 e. The van der Waals surface area contributed by atoms with Crippen molar-refractivity contribution >= 4 is 73.8 Å². The summed E-state index contributed by atoms with van der Waals surface area (Å²) in [7, 11) is 0. The zero-order valence-corrected chi connectivity index (χ0v) is 21.4. The van der Waals surface area contributed by atoms with E-state index in [1.165, 1.54) is 0 Å². The van der Waals surface area contributed by atoms with Crippen molar-refractivity contribution in [1.29, 1.82) is 0 Å². The molecule has 0 saturated carbocycles. The highest BCUT2D eigenvalue weighted by atomic mass is 79.9. The lowest BCUT2D eigenvalue weighted by Crippen LogP contribution is -2.28. The van der Waals surface area contributed by atoms with E-state index < -0.39 is 0 Å². The van der Waals surface area contributed by atoms with E-state index in [0.717, 1.165) is 54.0 Å². The van der Waals surface area contributed by atoms with Gasteiger partial charge in [-0.2, -0.15) is 0 Å². The van der Waals surface area contributed by atoms with E-state index in [0.29, 0.717) is 10.0 Å². The van der Waals surface area contributed by atoms with E-state index in [2.05, 4.69) is 36.2 Å². The van der Waals surface area contributed by atoms with Crippen LogP contribution in [-0.2, 0) is 0 Å². The van der Waals surface area contributed by atoms with Crippen molar-refractivity contribution in [2.75, 3.05) is 31.5 Å². The Morgan fingerprint density at radius 1 is 0.966 bits per heavy atom. The fourth-order valence-corrected chi connectivity index (χ4v) is 3.43. The summed E-state index contributed by atoms with van der Waals surface area (Å²) in [5.41, 5.74) is 3.67. The summed E-state index contributed by atoms with van der Waals surface area (Å²) in [4.78, 5) is 7.18. The number of aromatic nitrogens is 1. The van der Waals surface area contributed by atoms with E-state index in [9.17, 15) is 0 Å². The van der Waals surface area contributed by atoms with Crippen LogP contribution in [0.5, 0.6) is 0 Å². The van der Waals surface area contributed by atoms with Crippen molar-refractivity contribution in [2.24, 2.45) is 0 Å². The molecule has 29 heavy (non-hydrogen) atoms. The summed E-state index contributed by atoms with van der Waals surface area (Å²) in [5.74, 6) is 0. The molecule has 0 unspecified atom stereocenters. The minimum atomic E-state index is 0. The normalized spacial score (nSPS) is 10.1. The van der Waals surface area contributed by atoms with Gasteiger partial charge in [0.05, 0.1) is 16.2 Å². The third-order valence-electron chi connectivity index (χ3n) is 4.56. The Kier molecular flexibility index (Phi) is 13.0. The molecule has 3 N–H and O–H groups in total.